The van der Waals surface area contributed by atoms with Gasteiger partial charge < -0.3 is 15.0 Å². The van der Waals surface area contributed by atoms with Crippen molar-refractivity contribution in [3.05, 3.63) is 95.6 Å². The van der Waals surface area contributed by atoms with Gasteiger partial charge in [-0.25, -0.2) is 0 Å². The lowest BCUT2D eigenvalue weighted by atomic mass is 10.0. The third kappa shape index (κ3) is 5.64. The third-order valence-corrected chi connectivity index (χ3v) is 6.36. The molecular formula is C28H31N3O3. The van der Waals surface area contributed by atoms with Crippen LogP contribution < -0.4 is 10.1 Å². The van der Waals surface area contributed by atoms with Crippen LogP contribution in [0.25, 0.3) is 0 Å². The van der Waals surface area contributed by atoms with Gasteiger partial charge in [0.2, 0.25) is 11.8 Å². The predicted molar refractivity (Wildman–Crippen MR) is 134 cm³/mol. The van der Waals surface area contributed by atoms with Gasteiger partial charge in [-0.2, -0.15) is 0 Å². The molecule has 1 aliphatic heterocycles. The molecule has 6 nitrogen and oxygen atoms in total. The fraction of sp³-hybridized carbons (Fsp3) is 0.286. The number of benzene rings is 3. The average Bonchev–Trinajstić information content (AvgIpc) is 2.87. The van der Waals surface area contributed by atoms with Crippen LogP contribution in [-0.4, -0.2) is 54.9 Å². The first-order valence-corrected chi connectivity index (χ1v) is 11.6. The summed E-state index contributed by atoms with van der Waals surface area (Å²) in [6.07, 6.45) is 0.409. The average molecular weight is 458 g/mol. The van der Waals surface area contributed by atoms with E-state index in [0.29, 0.717) is 32.6 Å². The van der Waals surface area contributed by atoms with E-state index in [2.05, 4.69) is 10.2 Å². The molecule has 0 aliphatic carbocycles. The van der Waals surface area contributed by atoms with Crippen LogP contribution in [-0.2, 0) is 16.0 Å². The molecule has 1 heterocycles. The summed E-state index contributed by atoms with van der Waals surface area (Å²) in [5, 5.41) is 3.05. The molecule has 1 N–H and O–H groups in total. The summed E-state index contributed by atoms with van der Waals surface area (Å²) >= 11 is 0. The Labute approximate surface area is 201 Å². The van der Waals surface area contributed by atoms with E-state index in [-0.39, 0.29) is 11.8 Å². The smallest absolute Gasteiger partial charge is 0.246 e. The zero-order valence-electron chi connectivity index (χ0n) is 19.7. The molecule has 0 bridgehead atoms. The normalized spacial score (nSPS) is 14.9. The Balaban J connectivity index is 1.44. The molecule has 1 fully saturated rings. The highest BCUT2D eigenvalue weighted by Gasteiger charge is 2.31. The minimum Gasteiger partial charge on any atom is -0.497 e. The Kier molecular flexibility index (Phi) is 7.60. The lowest BCUT2D eigenvalue weighted by Gasteiger charge is -2.39. The number of anilines is 1. The fourth-order valence-electron chi connectivity index (χ4n) is 4.36. The number of aryl methyl sites for hydroxylation is 1. The first-order valence-electron chi connectivity index (χ1n) is 11.6. The lowest BCUT2D eigenvalue weighted by Crippen LogP contribution is -2.52. The molecule has 6 heteroatoms. The van der Waals surface area contributed by atoms with Crippen molar-refractivity contribution in [2.75, 3.05) is 38.6 Å². The second-order valence-corrected chi connectivity index (χ2v) is 8.55. The standard InChI is InChI=1S/C28H31N3O3/c1-21-8-6-7-11-23(21)20-26(32)30-16-18-31(19-17-30)27(22-9-4-3-5-10-22)28(33)29-24-12-14-25(34-2)15-13-24/h3-15,27H,16-20H2,1-2H3,(H,29,33). The molecule has 0 spiro atoms. The highest BCUT2D eigenvalue weighted by Crippen LogP contribution is 2.25. The van der Waals surface area contributed by atoms with E-state index in [0.717, 1.165) is 28.1 Å². The van der Waals surface area contributed by atoms with E-state index in [4.69, 9.17) is 4.74 Å². The number of nitrogens with zero attached hydrogens (tertiary/aromatic N) is 2. The Morgan fingerprint density at radius 3 is 2.18 bits per heavy atom. The number of hydrogen-bond donors (Lipinski definition) is 1. The second kappa shape index (κ2) is 11.0. The van der Waals surface area contributed by atoms with Crippen molar-refractivity contribution < 1.29 is 14.3 Å². The van der Waals surface area contributed by atoms with Gasteiger partial charge in [0.1, 0.15) is 11.8 Å². The predicted octanol–water partition coefficient (Wildman–Crippen LogP) is 4.07. The minimum absolute atomic E-state index is 0.0870. The van der Waals surface area contributed by atoms with E-state index >= 15 is 0 Å². The van der Waals surface area contributed by atoms with Gasteiger partial charge in [-0.3, -0.25) is 14.5 Å². The van der Waals surface area contributed by atoms with E-state index in [1.54, 1.807) is 7.11 Å². The fourth-order valence-corrected chi connectivity index (χ4v) is 4.36. The SMILES string of the molecule is COc1ccc(NC(=O)C(c2ccccc2)N2CCN(C(=O)Cc3ccccc3C)CC2)cc1. The number of carbonyl (C=O) groups is 2. The van der Waals surface area contributed by atoms with Crippen LogP contribution in [0.1, 0.15) is 22.7 Å². The molecular weight excluding hydrogens is 426 g/mol. The molecule has 3 aromatic carbocycles. The number of hydrogen-bond acceptors (Lipinski definition) is 4. The summed E-state index contributed by atoms with van der Waals surface area (Å²) in [7, 11) is 1.62. The number of carbonyl (C=O) groups excluding carboxylic acids is 2. The van der Waals surface area contributed by atoms with E-state index in [1.807, 2.05) is 90.7 Å². The monoisotopic (exact) mass is 457 g/mol. The summed E-state index contributed by atoms with van der Waals surface area (Å²) < 4.78 is 5.21. The number of piperazine rings is 1. The van der Waals surface area contributed by atoms with Gasteiger partial charge in [-0.05, 0) is 47.9 Å². The highest BCUT2D eigenvalue weighted by atomic mass is 16.5. The van der Waals surface area contributed by atoms with Crippen molar-refractivity contribution in [3.8, 4) is 5.75 Å². The minimum atomic E-state index is -0.433. The zero-order valence-corrected chi connectivity index (χ0v) is 19.7. The van der Waals surface area contributed by atoms with Crippen LogP contribution >= 0.6 is 0 Å². The first-order chi connectivity index (χ1) is 16.5. The summed E-state index contributed by atoms with van der Waals surface area (Å²) in [6.45, 7) is 4.50. The summed E-state index contributed by atoms with van der Waals surface area (Å²) in [5.74, 6) is 0.785. The molecule has 1 atom stereocenters. The highest BCUT2D eigenvalue weighted by molar-refractivity contribution is 5.95. The van der Waals surface area contributed by atoms with Crippen molar-refractivity contribution in [1.29, 1.82) is 0 Å². The van der Waals surface area contributed by atoms with Gasteiger partial charge in [0.25, 0.3) is 0 Å². The van der Waals surface area contributed by atoms with Gasteiger partial charge in [0.15, 0.2) is 0 Å². The number of rotatable bonds is 7. The number of nitrogens with one attached hydrogen (secondary N) is 1. The van der Waals surface area contributed by atoms with E-state index < -0.39 is 6.04 Å². The maximum atomic E-state index is 13.4. The Bertz CT molecular complexity index is 1110. The summed E-state index contributed by atoms with van der Waals surface area (Å²) in [4.78, 5) is 30.4. The quantitative estimate of drug-likeness (QED) is 0.581. The lowest BCUT2D eigenvalue weighted by molar-refractivity contribution is -0.133. The molecule has 1 aliphatic rings. The van der Waals surface area contributed by atoms with E-state index in [1.165, 1.54) is 0 Å². The van der Waals surface area contributed by atoms with Crippen molar-refractivity contribution in [2.24, 2.45) is 0 Å². The second-order valence-electron chi connectivity index (χ2n) is 8.55. The third-order valence-electron chi connectivity index (χ3n) is 6.36. The molecule has 0 radical (unpaired) electrons. The van der Waals surface area contributed by atoms with Crippen molar-refractivity contribution in [3.63, 3.8) is 0 Å². The van der Waals surface area contributed by atoms with Crippen LogP contribution in [0.2, 0.25) is 0 Å². The zero-order chi connectivity index (χ0) is 23.9. The maximum absolute atomic E-state index is 13.4. The van der Waals surface area contributed by atoms with Crippen LogP contribution in [0.3, 0.4) is 0 Å². The molecule has 4 rings (SSSR count). The number of ether oxygens (including phenoxy) is 1. The number of amides is 2. The molecule has 34 heavy (non-hydrogen) atoms. The Hall–Kier alpha value is -3.64. The molecule has 1 saturated heterocycles. The molecule has 1 unspecified atom stereocenters. The van der Waals surface area contributed by atoms with Crippen LogP contribution in [0.5, 0.6) is 5.75 Å². The Morgan fingerprint density at radius 1 is 0.882 bits per heavy atom. The molecule has 3 aromatic rings. The molecule has 176 valence electrons. The van der Waals surface area contributed by atoms with Crippen molar-refractivity contribution >= 4 is 17.5 Å². The topological polar surface area (TPSA) is 61.9 Å². The summed E-state index contributed by atoms with van der Waals surface area (Å²) in [6, 6.07) is 24.7. The van der Waals surface area contributed by atoms with Crippen molar-refractivity contribution in [2.45, 2.75) is 19.4 Å². The molecule has 0 saturated carbocycles. The molecule has 0 aromatic heterocycles. The van der Waals surface area contributed by atoms with Gasteiger partial charge in [0, 0.05) is 31.9 Å². The van der Waals surface area contributed by atoms with Crippen molar-refractivity contribution in [1.82, 2.24) is 9.80 Å². The largest absolute Gasteiger partial charge is 0.497 e. The van der Waals surface area contributed by atoms with Gasteiger partial charge in [-0.1, -0.05) is 54.6 Å². The van der Waals surface area contributed by atoms with Gasteiger partial charge in [-0.15, -0.1) is 0 Å². The van der Waals surface area contributed by atoms with E-state index in [9.17, 15) is 9.59 Å². The van der Waals surface area contributed by atoms with Gasteiger partial charge in [0.05, 0.1) is 13.5 Å². The first kappa shape index (κ1) is 23.5. The van der Waals surface area contributed by atoms with Gasteiger partial charge >= 0.3 is 0 Å². The van der Waals surface area contributed by atoms with Crippen LogP contribution in [0.4, 0.5) is 5.69 Å². The maximum Gasteiger partial charge on any atom is 0.246 e. The number of methoxy groups -OCH3 is 1. The molecule has 2 amide bonds. The summed E-state index contributed by atoms with van der Waals surface area (Å²) in [5.41, 5.74) is 3.86. The van der Waals surface area contributed by atoms with Crippen LogP contribution in [0, 0.1) is 6.92 Å². The van der Waals surface area contributed by atoms with Crippen LogP contribution in [0.15, 0.2) is 78.9 Å². The Morgan fingerprint density at radius 2 is 1.53 bits per heavy atom.